The Kier molecular flexibility index (Phi) is 7.12. The molecule has 5 heteroatoms. The van der Waals surface area contributed by atoms with Crippen molar-refractivity contribution < 1.29 is 19.0 Å². The van der Waals surface area contributed by atoms with Gasteiger partial charge < -0.3 is 19.5 Å². The summed E-state index contributed by atoms with van der Waals surface area (Å²) in [6, 6.07) is -0.103. The first-order chi connectivity index (χ1) is 7.84. The maximum absolute atomic E-state index is 11.4. The van der Waals surface area contributed by atoms with E-state index >= 15 is 0 Å². The molecule has 1 aliphatic rings. The van der Waals surface area contributed by atoms with Crippen LogP contribution < -0.4 is 5.32 Å². The summed E-state index contributed by atoms with van der Waals surface area (Å²) in [5, 5.41) is 3.09. The summed E-state index contributed by atoms with van der Waals surface area (Å²) in [5.41, 5.74) is 0. The SMILES string of the molecule is COCCCOCCOC(=O)[C@@H]1CCCN1. The molecule has 1 rings (SSSR count). The average Bonchev–Trinajstić information content (AvgIpc) is 2.81. The molecule has 0 aromatic heterocycles. The Morgan fingerprint density at radius 3 is 2.88 bits per heavy atom. The zero-order valence-electron chi connectivity index (χ0n) is 9.87. The average molecular weight is 231 g/mol. The van der Waals surface area contributed by atoms with Crippen LogP contribution in [-0.4, -0.2) is 52.1 Å². The van der Waals surface area contributed by atoms with Gasteiger partial charge in [-0.15, -0.1) is 0 Å². The smallest absolute Gasteiger partial charge is 0.323 e. The Morgan fingerprint density at radius 2 is 2.19 bits per heavy atom. The fourth-order valence-electron chi connectivity index (χ4n) is 1.59. The van der Waals surface area contributed by atoms with E-state index in [0.29, 0.717) is 26.4 Å². The molecule has 1 N–H and O–H groups in total. The van der Waals surface area contributed by atoms with Gasteiger partial charge in [0.2, 0.25) is 0 Å². The van der Waals surface area contributed by atoms with E-state index in [1.54, 1.807) is 7.11 Å². The summed E-state index contributed by atoms with van der Waals surface area (Å²) in [6.07, 6.45) is 2.80. The molecule has 1 fully saturated rings. The van der Waals surface area contributed by atoms with E-state index in [0.717, 1.165) is 25.8 Å². The van der Waals surface area contributed by atoms with Crippen molar-refractivity contribution in [3.63, 3.8) is 0 Å². The summed E-state index contributed by atoms with van der Waals surface area (Å²) in [7, 11) is 1.66. The number of hydrogen-bond donors (Lipinski definition) is 1. The second-order valence-corrected chi connectivity index (χ2v) is 3.78. The van der Waals surface area contributed by atoms with Gasteiger partial charge in [0.1, 0.15) is 12.6 Å². The number of nitrogens with one attached hydrogen (secondary N) is 1. The van der Waals surface area contributed by atoms with Gasteiger partial charge in [0, 0.05) is 20.3 Å². The fourth-order valence-corrected chi connectivity index (χ4v) is 1.59. The van der Waals surface area contributed by atoms with Crippen LogP contribution in [0.3, 0.4) is 0 Å². The topological polar surface area (TPSA) is 56.8 Å². The second-order valence-electron chi connectivity index (χ2n) is 3.78. The molecular weight excluding hydrogens is 210 g/mol. The van der Waals surface area contributed by atoms with Crippen LogP contribution in [0.5, 0.6) is 0 Å². The molecule has 0 unspecified atom stereocenters. The van der Waals surface area contributed by atoms with E-state index in [9.17, 15) is 4.79 Å². The molecule has 0 aromatic rings. The summed E-state index contributed by atoms with van der Waals surface area (Å²) in [5.74, 6) is -0.155. The molecule has 1 saturated heterocycles. The number of carbonyl (C=O) groups is 1. The van der Waals surface area contributed by atoms with Gasteiger partial charge in [0.05, 0.1) is 6.61 Å². The van der Waals surface area contributed by atoms with Gasteiger partial charge in [-0.1, -0.05) is 0 Å². The monoisotopic (exact) mass is 231 g/mol. The van der Waals surface area contributed by atoms with Crippen LogP contribution in [0.15, 0.2) is 0 Å². The Balaban J connectivity index is 1.88. The molecule has 1 heterocycles. The van der Waals surface area contributed by atoms with Crippen molar-refractivity contribution in [2.24, 2.45) is 0 Å². The van der Waals surface area contributed by atoms with E-state index in [1.165, 1.54) is 0 Å². The van der Waals surface area contributed by atoms with Gasteiger partial charge in [-0.05, 0) is 25.8 Å². The van der Waals surface area contributed by atoms with Crippen LogP contribution in [0.1, 0.15) is 19.3 Å². The summed E-state index contributed by atoms with van der Waals surface area (Å²) >= 11 is 0. The third kappa shape index (κ3) is 5.44. The zero-order chi connectivity index (χ0) is 11.6. The molecule has 0 saturated carbocycles. The maximum atomic E-state index is 11.4. The normalized spacial score (nSPS) is 19.9. The van der Waals surface area contributed by atoms with Crippen LogP contribution in [0.25, 0.3) is 0 Å². The van der Waals surface area contributed by atoms with E-state index in [4.69, 9.17) is 14.2 Å². The summed E-state index contributed by atoms with van der Waals surface area (Å²) in [6.45, 7) is 3.05. The van der Waals surface area contributed by atoms with Crippen LogP contribution in [0.4, 0.5) is 0 Å². The van der Waals surface area contributed by atoms with Crippen LogP contribution in [0, 0.1) is 0 Å². The van der Waals surface area contributed by atoms with Crippen molar-refractivity contribution >= 4 is 5.97 Å². The van der Waals surface area contributed by atoms with Crippen molar-refractivity contribution in [2.75, 3.05) is 40.1 Å². The van der Waals surface area contributed by atoms with Crippen molar-refractivity contribution in [3.05, 3.63) is 0 Å². The second kappa shape index (κ2) is 8.50. The predicted octanol–water partition coefficient (Wildman–Crippen LogP) is 0.335. The quantitative estimate of drug-likeness (QED) is 0.482. The minimum absolute atomic E-state index is 0.103. The Morgan fingerprint density at radius 1 is 1.31 bits per heavy atom. The number of rotatable bonds is 8. The first-order valence-electron chi connectivity index (χ1n) is 5.81. The van der Waals surface area contributed by atoms with Gasteiger partial charge in [0.25, 0.3) is 0 Å². The number of ether oxygens (including phenoxy) is 3. The first-order valence-corrected chi connectivity index (χ1v) is 5.81. The molecule has 5 nitrogen and oxygen atoms in total. The van der Waals surface area contributed by atoms with E-state index < -0.39 is 0 Å². The molecule has 1 atom stereocenters. The van der Waals surface area contributed by atoms with Crippen molar-refractivity contribution in [1.82, 2.24) is 5.32 Å². The van der Waals surface area contributed by atoms with Crippen LogP contribution in [-0.2, 0) is 19.0 Å². The number of esters is 1. The van der Waals surface area contributed by atoms with E-state index in [-0.39, 0.29) is 12.0 Å². The number of carbonyl (C=O) groups excluding carboxylic acids is 1. The van der Waals surface area contributed by atoms with E-state index in [1.807, 2.05) is 0 Å². The van der Waals surface area contributed by atoms with Gasteiger partial charge in [0.15, 0.2) is 0 Å². The highest BCUT2D eigenvalue weighted by molar-refractivity contribution is 5.76. The molecule has 0 amide bonds. The standard InChI is InChI=1S/C11H21NO4/c1-14-6-3-7-15-8-9-16-11(13)10-4-2-5-12-10/h10,12H,2-9H2,1H3/t10-/m0/s1. The largest absolute Gasteiger partial charge is 0.462 e. The van der Waals surface area contributed by atoms with Gasteiger partial charge in [-0.25, -0.2) is 0 Å². The molecule has 16 heavy (non-hydrogen) atoms. The van der Waals surface area contributed by atoms with Crippen LogP contribution in [0.2, 0.25) is 0 Å². The lowest BCUT2D eigenvalue weighted by atomic mass is 10.2. The van der Waals surface area contributed by atoms with Crippen LogP contribution >= 0.6 is 0 Å². The molecule has 1 aliphatic heterocycles. The minimum atomic E-state index is -0.155. The highest BCUT2D eigenvalue weighted by Crippen LogP contribution is 2.06. The third-order valence-corrected chi connectivity index (χ3v) is 2.45. The van der Waals surface area contributed by atoms with Crippen molar-refractivity contribution in [3.8, 4) is 0 Å². The predicted molar refractivity (Wildman–Crippen MR) is 59.3 cm³/mol. The fraction of sp³-hybridized carbons (Fsp3) is 0.909. The molecule has 0 radical (unpaired) electrons. The van der Waals surface area contributed by atoms with Gasteiger partial charge in [-0.3, -0.25) is 4.79 Å². The van der Waals surface area contributed by atoms with Gasteiger partial charge in [-0.2, -0.15) is 0 Å². The highest BCUT2D eigenvalue weighted by atomic mass is 16.6. The number of hydrogen-bond acceptors (Lipinski definition) is 5. The van der Waals surface area contributed by atoms with Gasteiger partial charge >= 0.3 is 5.97 Å². The lowest BCUT2D eigenvalue weighted by Gasteiger charge is -2.10. The zero-order valence-corrected chi connectivity index (χ0v) is 9.87. The third-order valence-electron chi connectivity index (χ3n) is 2.45. The molecule has 0 aromatic carbocycles. The molecule has 0 aliphatic carbocycles. The first kappa shape index (κ1) is 13.4. The molecular formula is C11H21NO4. The maximum Gasteiger partial charge on any atom is 0.323 e. The molecule has 0 spiro atoms. The molecule has 0 bridgehead atoms. The Bertz CT molecular complexity index is 192. The molecule has 94 valence electrons. The number of methoxy groups -OCH3 is 1. The minimum Gasteiger partial charge on any atom is -0.462 e. The summed E-state index contributed by atoms with van der Waals surface area (Å²) < 4.78 is 15.2. The Hall–Kier alpha value is -0.650. The lowest BCUT2D eigenvalue weighted by molar-refractivity contribution is -0.147. The van der Waals surface area contributed by atoms with E-state index in [2.05, 4.69) is 5.32 Å². The summed E-state index contributed by atoms with van der Waals surface area (Å²) in [4.78, 5) is 11.4. The van der Waals surface area contributed by atoms with Crippen molar-refractivity contribution in [2.45, 2.75) is 25.3 Å². The highest BCUT2D eigenvalue weighted by Gasteiger charge is 2.22. The lowest BCUT2D eigenvalue weighted by Crippen LogP contribution is -2.33. The van der Waals surface area contributed by atoms with Crippen molar-refractivity contribution in [1.29, 1.82) is 0 Å². The Labute approximate surface area is 96.4 Å².